The molecular formula is C8H9N2O3. The third-order valence-electron chi connectivity index (χ3n) is 1.43. The molecule has 0 aliphatic rings. The number of aromatic nitrogens is 1. The second-order valence-electron chi connectivity index (χ2n) is 2.13. The lowest BCUT2D eigenvalue weighted by molar-refractivity contribution is 0.389. The highest BCUT2D eigenvalue weighted by Gasteiger charge is 2.05. The second kappa shape index (κ2) is 4.30. The number of pyridine rings is 1. The van der Waals surface area contributed by atoms with E-state index in [1.807, 2.05) is 0 Å². The van der Waals surface area contributed by atoms with Gasteiger partial charge in [0.05, 0.1) is 14.2 Å². The first-order valence-electron chi connectivity index (χ1n) is 3.54. The second-order valence-corrected chi connectivity index (χ2v) is 2.13. The van der Waals surface area contributed by atoms with Gasteiger partial charge < -0.3 is 9.47 Å². The van der Waals surface area contributed by atoms with Crippen molar-refractivity contribution in [2.75, 3.05) is 19.5 Å². The number of nitrogens with one attached hydrogen (secondary N) is 1. The lowest BCUT2D eigenvalue weighted by atomic mass is 10.4. The van der Waals surface area contributed by atoms with Gasteiger partial charge >= 0.3 is 6.41 Å². The molecule has 0 aliphatic heterocycles. The van der Waals surface area contributed by atoms with E-state index in [1.165, 1.54) is 20.6 Å². The molecule has 1 rings (SSSR count). The minimum Gasteiger partial charge on any atom is -0.493 e. The first-order chi connectivity index (χ1) is 6.31. The molecule has 13 heavy (non-hydrogen) atoms. The molecule has 1 amide bonds. The fourth-order valence-electron chi connectivity index (χ4n) is 0.845. The maximum atomic E-state index is 10.1. The highest BCUT2D eigenvalue weighted by Crippen LogP contribution is 2.23. The molecule has 0 aromatic carbocycles. The summed E-state index contributed by atoms with van der Waals surface area (Å²) >= 11 is 0. The molecule has 0 unspecified atom stereocenters. The van der Waals surface area contributed by atoms with Crippen LogP contribution in [0.15, 0.2) is 12.1 Å². The lowest BCUT2D eigenvalue weighted by Gasteiger charge is -2.06. The van der Waals surface area contributed by atoms with E-state index >= 15 is 0 Å². The minimum atomic E-state index is 0.289. The molecule has 0 atom stereocenters. The Labute approximate surface area is 75.7 Å². The van der Waals surface area contributed by atoms with Crippen molar-refractivity contribution in [3.63, 3.8) is 0 Å². The number of ether oxygens (including phenoxy) is 2. The molecular weight excluding hydrogens is 172 g/mol. The van der Waals surface area contributed by atoms with Gasteiger partial charge in [0.2, 0.25) is 5.88 Å². The zero-order valence-electron chi connectivity index (χ0n) is 7.33. The van der Waals surface area contributed by atoms with E-state index in [0.29, 0.717) is 11.6 Å². The van der Waals surface area contributed by atoms with Crippen LogP contribution in [0.5, 0.6) is 11.6 Å². The van der Waals surface area contributed by atoms with Crippen molar-refractivity contribution in [1.29, 1.82) is 0 Å². The van der Waals surface area contributed by atoms with Gasteiger partial charge in [-0.2, -0.15) is 4.98 Å². The molecule has 0 bridgehead atoms. The van der Waals surface area contributed by atoms with E-state index in [2.05, 4.69) is 10.3 Å². The fraction of sp³-hybridized carbons (Fsp3) is 0.250. The summed E-state index contributed by atoms with van der Waals surface area (Å²) in [5.74, 6) is 1.15. The molecule has 1 radical (unpaired) electrons. The largest absolute Gasteiger partial charge is 0.493 e. The summed E-state index contributed by atoms with van der Waals surface area (Å²) in [6.45, 7) is 0. The van der Waals surface area contributed by atoms with Crippen molar-refractivity contribution in [3.8, 4) is 11.6 Å². The van der Waals surface area contributed by atoms with Crippen molar-refractivity contribution in [1.82, 2.24) is 4.98 Å². The Hall–Kier alpha value is -1.78. The normalized spacial score (nSPS) is 9.08. The predicted octanol–water partition coefficient (Wildman–Crippen LogP) is 0.578. The summed E-state index contributed by atoms with van der Waals surface area (Å²) in [5, 5.41) is 2.28. The highest BCUT2D eigenvalue weighted by atomic mass is 16.5. The summed E-state index contributed by atoms with van der Waals surface area (Å²) in [4.78, 5) is 14.0. The van der Waals surface area contributed by atoms with E-state index < -0.39 is 0 Å². The number of rotatable bonds is 4. The van der Waals surface area contributed by atoms with E-state index in [-0.39, 0.29) is 5.82 Å². The van der Waals surface area contributed by atoms with E-state index in [4.69, 9.17) is 9.47 Å². The molecule has 1 heterocycles. The molecule has 0 saturated carbocycles. The number of nitrogens with zero attached hydrogens (tertiary/aromatic N) is 1. The molecule has 0 saturated heterocycles. The van der Waals surface area contributed by atoms with Crippen molar-refractivity contribution in [3.05, 3.63) is 12.1 Å². The predicted molar refractivity (Wildman–Crippen MR) is 46.7 cm³/mol. The Morgan fingerprint density at radius 2 is 2.15 bits per heavy atom. The molecule has 0 fully saturated rings. The zero-order chi connectivity index (χ0) is 9.68. The smallest absolute Gasteiger partial charge is 0.315 e. The van der Waals surface area contributed by atoms with Crippen LogP contribution in [0, 0.1) is 0 Å². The minimum absolute atomic E-state index is 0.289. The summed E-state index contributed by atoms with van der Waals surface area (Å²) < 4.78 is 9.80. The monoisotopic (exact) mass is 181 g/mol. The Kier molecular flexibility index (Phi) is 3.08. The van der Waals surface area contributed by atoms with Crippen LogP contribution in [0.3, 0.4) is 0 Å². The van der Waals surface area contributed by atoms with Crippen molar-refractivity contribution < 1.29 is 14.3 Å². The van der Waals surface area contributed by atoms with E-state index in [0.717, 1.165) is 0 Å². The summed E-state index contributed by atoms with van der Waals surface area (Å²) in [5.41, 5.74) is 0. The standard InChI is InChI=1S/C8H9N2O3/c1-12-6-3-4-7(13-2)10-8(6)9-5-11/h3-4H,1-2H3,(H,9,10,11). The maximum Gasteiger partial charge on any atom is 0.315 e. The van der Waals surface area contributed by atoms with Gasteiger partial charge in [-0.15, -0.1) is 0 Å². The molecule has 1 N–H and O–H groups in total. The van der Waals surface area contributed by atoms with Gasteiger partial charge in [0, 0.05) is 6.07 Å². The average molecular weight is 181 g/mol. The summed E-state index contributed by atoms with van der Waals surface area (Å²) in [6.07, 6.45) is 1.51. The SMILES string of the molecule is COc1ccc(OC)c(N[C]=O)n1. The van der Waals surface area contributed by atoms with Crippen molar-refractivity contribution >= 4 is 12.2 Å². The molecule has 1 aromatic rings. The molecule has 0 spiro atoms. The summed E-state index contributed by atoms with van der Waals surface area (Å²) in [6, 6.07) is 3.28. The first kappa shape index (κ1) is 9.31. The number of hydrogen-bond donors (Lipinski definition) is 1. The Morgan fingerprint density at radius 3 is 2.69 bits per heavy atom. The van der Waals surface area contributed by atoms with Gasteiger partial charge in [0.1, 0.15) is 0 Å². The van der Waals surface area contributed by atoms with Crippen molar-refractivity contribution in [2.45, 2.75) is 0 Å². The van der Waals surface area contributed by atoms with E-state index in [9.17, 15) is 4.79 Å². The van der Waals surface area contributed by atoms with Gasteiger partial charge in [-0.3, -0.25) is 10.1 Å². The van der Waals surface area contributed by atoms with Gasteiger partial charge in [-0.1, -0.05) is 0 Å². The summed E-state index contributed by atoms with van der Waals surface area (Å²) in [7, 11) is 2.97. The molecule has 69 valence electrons. The van der Waals surface area contributed by atoms with Gasteiger partial charge in [0.15, 0.2) is 11.6 Å². The van der Waals surface area contributed by atoms with Crippen LogP contribution in [-0.4, -0.2) is 25.6 Å². The van der Waals surface area contributed by atoms with Crippen LogP contribution in [0.2, 0.25) is 0 Å². The van der Waals surface area contributed by atoms with Crippen LogP contribution in [0.4, 0.5) is 5.82 Å². The lowest BCUT2D eigenvalue weighted by Crippen LogP contribution is -2.01. The van der Waals surface area contributed by atoms with E-state index in [1.54, 1.807) is 12.1 Å². The maximum absolute atomic E-state index is 10.1. The highest BCUT2D eigenvalue weighted by molar-refractivity contribution is 5.73. The van der Waals surface area contributed by atoms with Crippen LogP contribution in [0.1, 0.15) is 0 Å². The Bertz CT molecular complexity index is 301. The average Bonchev–Trinajstić information content (AvgIpc) is 2.18. The van der Waals surface area contributed by atoms with Crippen LogP contribution in [-0.2, 0) is 4.79 Å². The van der Waals surface area contributed by atoms with Crippen LogP contribution < -0.4 is 14.8 Å². The van der Waals surface area contributed by atoms with Gasteiger partial charge in [-0.25, -0.2) is 0 Å². The van der Waals surface area contributed by atoms with Gasteiger partial charge in [-0.05, 0) is 6.07 Å². The van der Waals surface area contributed by atoms with Crippen LogP contribution >= 0.6 is 0 Å². The molecule has 0 aliphatic carbocycles. The van der Waals surface area contributed by atoms with Crippen LogP contribution in [0.25, 0.3) is 0 Å². The quantitative estimate of drug-likeness (QED) is 0.690. The number of anilines is 1. The first-order valence-corrected chi connectivity index (χ1v) is 3.54. The number of amides is 1. The third kappa shape index (κ3) is 2.08. The fourth-order valence-corrected chi connectivity index (χ4v) is 0.845. The molecule has 5 heteroatoms. The zero-order valence-corrected chi connectivity index (χ0v) is 7.33. The number of carbonyl (C=O) groups excluding carboxylic acids is 1. The Balaban J connectivity index is 3.01. The Morgan fingerprint density at radius 1 is 1.38 bits per heavy atom. The number of hydrogen-bond acceptors (Lipinski definition) is 4. The third-order valence-corrected chi connectivity index (χ3v) is 1.43. The van der Waals surface area contributed by atoms with Crippen molar-refractivity contribution in [2.24, 2.45) is 0 Å². The molecule has 5 nitrogen and oxygen atoms in total. The topological polar surface area (TPSA) is 60.5 Å². The molecule has 1 aromatic heterocycles. The number of methoxy groups -OCH3 is 2. The van der Waals surface area contributed by atoms with Gasteiger partial charge in [0.25, 0.3) is 0 Å².